The first-order valence-corrected chi connectivity index (χ1v) is 8.10. The lowest BCUT2D eigenvalue weighted by Crippen LogP contribution is -2.47. The molecule has 2 aliphatic heterocycles. The first kappa shape index (κ1) is 14.3. The number of anilines is 1. The zero-order valence-corrected chi connectivity index (χ0v) is 12.5. The number of carbonyl (C=O) groups is 1. The number of benzene rings is 1. The molecule has 7 nitrogen and oxygen atoms in total. The molecular weight excluding hydrogens is 294 g/mol. The largest absolute Gasteiger partial charge is 0.399 e. The van der Waals surface area contributed by atoms with Gasteiger partial charge in [0.05, 0.1) is 24.8 Å². The molecule has 2 heterocycles. The molecule has 1 amide bonds. The minimum Gasteiger partial charge on any atom is -0.399 e. The quantitative estimate of drug-likeness (QED) is 0.757. The van der Waals surface area contributed by atoms with E-state index in [1.165, 1.54) is 18.2 Å². The molecule has 3 rings (SSSR count). The Morgan fingerprint density at radius 1 is 1.43 bits per heavy atom. The van der Waals surface area contributed by atoms with Gasteiger partial charge in [-0.05, 0) is 25.2 Å². The molecule has 21 heavy (non-hydrogen) atoms. The molecule has 2 N–H and O–H groups in total. The number of nitrogens with zero attached hydrogens (tertiary/aromatic N) is 2. The second-order valence-electron chi connectivity index (χ2n) is 5.35. The number of ether oxygens (including phenoxy) is 1. The van der Waals surface area contributed by atoms with Crippen molar-refractivity contribution < 1.29 is 17.9 Å². The Kier molecular flexibility index (Phi) is 3.39. The Bertz CT molecular complexity index is 689. The standard InChI is InChI=1S/C13H17N3O4S/c1-15-4-5-20-10(7-15)8-16-13(17)11-3-2-9(14)6-12(11)21(16,18)19/h2-3,6,10H,4-5,7-8,14H2,1H3. The van der Waals surface area contributed by atoms with Crippen molar-refractivity contribution in [1.29, 1.82) is 0 Å². The van der Waals surface area contributed by atoms with Gasteiger partial charge in [0, 0.05) is 18.8 Å². The normalized spacial score (nSPS) is 25.1. The molecule has 1 fully saturated rings. The van der Waals surface area contributed by atoms with Crippen molar-refractivity contribution in [3.63, 3.8) is 0 Å². The second-order valence-corrected chi connectivity index (χ2v) is 7.18. The van der Waals surface area contributed by atoms with Crippen molar-refractivity contribution >= 4 is 21.6 Å². The summed E-state index contributed by atoms with van der Waals surface area (Å²) in [7, 11) is -1.89. The van der Waals surface area contributed by atoms with E-state index in [1.54, 1.807) is 0 Å². The summed E-state index contributed by atoms with van der Waals surface area (Å²) in [5.41, 5.74) is 6.11. The zero-order chi connectivity index (χ0) is 15.2. The predicted molar refractivity (Wildman–Crippen MR) is 76.3 cm³/mol. The fourth-order valence-electron chi connectivity index (χ4n) is 2.63. The molecule has 114 valence electrons. The van der Waals surface area contributed by atoms with Crippen molar-refractivity contribution in [2.75, 3.05) is 39.0 Å². The summed E-state index contributed by atoms with van der Waals surface area (Å²) in [6.07, 6.45) is -0.311. The van der Waals surface area contributed by atoms with E-state index in [9.17, 15) is 13.2 Å². The van der Waals surface area contributed by atoms with Crippen LogP contribution in [0, 0.1) is 0 Å². The maximum Gasteiger partial charge on any atom is 0.269 e. The number of hydrogen-bond donors (Lipinski definition) is 1. The van der Waals surface area contributed by atoms with Crippen LogP contribution in [-0.4, -0.2) is 62.9 Å². The van der Waals surface area contributed by atoms with E-state index < -0.39 is 15.9 Å². The van der Waals surface area contributed by atoms with E-state index in [2.05, 4.69) is 0 Å². The minimum absolute atomic E-state index is 0.0170. The van der Waals surface area contributed by atoms with Gasteiger partial charge in [-0.2, -0.15) is 0 Å². The molecular formula is C13H17N3O4S. The van der Waals surface area contributed by atoms with E-state index in [0.29, 0.717) is 18.8 Å². The highest BCUT2D eigenvalue weighted by Gasteiger charge is 2.42. The molecule has 0 saturated carbocycles. The third-order valence-electron chi connectivity index (χ3n) is 3.74. The van der Waals surface area contributed by atoms with E-state index in [0.717, 1.165) is 10.8 Å². The van der Waals surface area contributed by atoms with Crippen LogP contribution in [0.3, 0.4) is 0 Å². The van der Waals surface area contributed by atoms with E-state index in [1.807, 2.05) is 11.9 Å². The Balaban J connectivity index is 1.89. The second kappa shape index (κ2) is 4.97. The molecule has 1 unspecified atom stereocenters. The summed E-state index contributed by atoms with van der Waals surface area (Å²) in [4.78, 5) is 14.3. The average molecular weight is 311 g/mol. The molecule has 0 radical (unpaired) electrons. The van der Waals surface area contributed by atoms with Gasteiger partial charge in [-0.15, -0.1) is 0 Å². The van der Waals surface area contributed by atoms with Gasteiger partial charge in [-0.1, -0.05) is 0 Å². The van der Waals surface area contributed by atoms with Gasteiger partial charge >= 0.3 is 0 Å². The number of likely N-dealkylation sites (N-methyl/N-ethyl adjacent to an activating group) is 1. The van der Waals surface area contributed by atoms with E-state index >= 15 is 0 Å². The molecule has 1 aromatic rings. The third-order valence-corrected chi connectivity index (χ3v) is 5.53. The lowest BCUT2D eigenvalue weighted by Gasteiger charge is -2.31. The molecule has 0 aliphatic carbocycles. The van der Waals surface area contributed by atoms with Crippen LogP contribution in [-0.2, 0) is 14.8 Å². The highest BCUT2D eigenvalue weighted by Crippen LogP contribution is 2.32. The summed E-state index contributed by atoms with van der Waals surface area (Å²) < 4.78 is 31.4. The zero-order valence-electron chi connectivity index (χ0n) is 11.7. The van der Waals surface area contributed by atoms with Crippen molar-refractivity contribution in [3.05, 3.63) is 23.8 Å². The van der Waals surface area contributed by atoms with Crippen LogP contribution < -0.4 is 5.73 Å². The number of fused-ring (bicyclic) bond motifs is 1. The van der Waals surface area contributed by atoms with Gasteiger partial charge in [0.2, 0.25) is 0 Å². The van der Waals surface area contributed by atoms with Gasteiger partial charge in [-0.3, -0.25) is 4.79 Å². The summed E-state index contributed by atoms with van der Waals surface area (Å²) in [6, 6.07) is 4.31. The average Bonchev–Trinajstić information content (AvgIpc) is 2.60. The summed E-state index contributed by atoms with van der Waals surface area (Å²) in [5, 5.41) is 0. The molecule has 1 saturated heterocycles. The summed E-state index contributed by atoms with van der Waals surface area (Å²) in [6.45, 7) is 1.95. The van der Waals surface area contributed by atoms with Crippen LogP contribution in [0.4, 0.5) is 5.69 Å². The fourth-order valence-corrected chi connectivity index (χ4v) is 4.27. The highest BCUT2D eigenvalue weighted by atomic mass is 32.2. The topological polar surface area (TPSA) is 92.9 Å². The Morgan fingerprint density at radius 2 is 2.19 bits per heavy atom. The number of rotatable bonds is 2. The van der Waals surface area contributed by atoms with Gasteiger partial charge in [0.15, 0.2) is 0 Å². The number of nitrogen functional groups attached to an aromatic ring is 1. The Labute approximate surface area is 123 Å². The first-order valence-electron chi connectivity index (χ1n) is 6.66. The van der Waals surface area contributed by atoms with Crippen LogP contribution in [0.5, 0.6) is 0 Å². The Morgan fingerprint density at radius 3 is 2.90 bits per heavy atom. The van der Waals surface area contributed by atoms with Crippen molar-refractivity contribution in [2.24, 2.45) is 0 Å². The fraction of sp³-hybridized carbons (Fsp3) is 0.462. The molecule has 1 aromatic carbocycles. The maximum absolute atomic E-state index is 12.5. The first-order chi connectivity index (χ1) is 9.89. The molecule has 2 aliphatic rings. The lowest BCUT2D eigenvalue weighted by molar-refractivity contribution is -0.0248. The lowest BCUT2D eigenvalue weighted by atomic mass is 10.2. The van der Waals surface area contributed by atoms with Crippen molar-refractivity contribution in [3.8, 4) is 0 Å². The van der Waals surface area contributed by atoms with Crippen LogP contribution in [0.1, 0.15) is 10.4 Å². The molecule has 8 heteroatoms. The summed E-state index contributed by atoms with van der Waals surface area (Å²) in [5.74, 6) is -0.512. The monoisotopic (exact) mass is 311 g/mol. The maximum atomic E-state index is 12.5. The molecule has 0 aromatic heterocycles. The molecule has 1 atom stereocenters. The van der Waals surface area contributed by atoms with E-state index in [-0.39, 0.29) is 23.1 Å². The SMILES string of the molecule is CN1CCOC(CN2C(=O)c3ccc(N)cc3S2(=O)=O)C1. The van der Waals surface area contributed by atoms with Crippen LogP contribution in [0.25, 0.3) is 0 Å². The number of morpholine rings is 1. The number of nitrogens with two attached hydrogens (primary N) is 1. The van der Waals surface area contributed by atoms with Gasteiger partial charge in [0.1, 0.15) is 4.90 Å². The van der Waals surface area contributed by atoms with Crippen molar-refractivity contribution in [2.45, 2.75) is 11.0 Å². The van der Waals surface area contributed by atoms with Crippen molar-refractivity contribution in [1.82, 2.24) is 9.21 Å². The highest BCUT2D eigenvalue weighted by molar-refractivity contribution is 7.90. The predicted octanol–water partition coefficient (Wildman–Crippen LogP) is -0.256. The van der Waals surface area contributed by atoms with Crippen LogP contribution >= 0.6 is 0 Å². The van der Waals surface area contributed by atoms with Crippen LogP contribution in [0.2, 0.25) is 0 Å². The number of carbonyl (C=O) groups excluding carboxylic acids is 1. The molecule has 0 spiro atoms. The third kappa shape index (κ3) is 2.39. The number of amides is 1. The van der Waals surface area contributed by atoms with Gasteiger partial charge in [0.25, 0.3) is 15.9 Å². The summed E-state index contributed by atoms with van der Waals surface area (Å²) >= 11 is 0. The number of sulfonamides is 1. The number of hydrogen-bond acceptors (Lipinski definition) is 6. The van der Waals surface area contributed by atoms with Gasteiger partial charge in [-0.25, -0.2) is 12.7 Å². The van der Waals surface area contributed by atoms with Crippen LogP contribution in [0.15, 0.2) is 23.1 Å². The smallest absolute Gasteiger partial charge is 0.269 e. The molecule has 0 bridgehead atoms. The van der Waals surface area contributed by atoms with E-state index in [4.69, 9.17) is 10.5 Å². The Hall–Kier alpha value is -1.64. The minimum atomic E-state index is -3.83. The van der Waals surface area contributed by atoms with Gasteiger partial charge < -0.3 is 15.4 Å².